The van der Waals surface area contributed by atoms with Crippen molar-refractivity contribution < 1.29 is 0 Å². The fourth-order valence-electron chi connectivity index (χ4n) is 4.60. The molecule has 0 unspecified atom stereocenters. The number of rotatable bonds is 22. The maximum atomic E-state index is 3.60. The Bertz CT molecular complexity index is 849. The summed E-state index contributed by atoms with van der Waals surface area (Å²) in [6.07, 6.45) is 10.2. The van der Waals surface area contributed by atoms with E-state index in [9.17, 15) is 0 Å². The van der Waals surface area contributed by atoms with Gasteiger partial charge >= 0.3 is 0 Å². The van der Waals surface area contributed by atoms with Crippen LogP contribution in [0.4, 0.5) is 0 Å². The lowest BCUT2D eigenvalue weighted by molar-refractivity contribution is 0.562. The van der Waals surface area contributed by atoms with E-state index in [0.29, 0.717) is 0 Å². The van der Waals surface area contributed by atoms with Crippen LogP contribution in [0.3, 0.4) is 0 Å². The van der Waals surface area contributed by atoms with Crippen LogP contribution in [0.1, 0.15) is 73.6 Å². The van der Waals surface area contributed by atoms with Crippen molar-refractivity contribution in [1.82, 2.24) is 21.3 Å². The molecule has 0 aliphatic rings. The van der Waals surface area contributed by atoms with Crippen molar-refractivity contribution in [2.45, 2.75) is 77.5 Å². The predicted octanol–water partition coefficient (Wildman–Crippen LogP) is 6.57. The molecule has 3 aromatic rings. The van der Waals surface area contributed by atoms with Gasteiger partial charge < -0.3 is 21.3 Å². The molecule has 0 spiro atoms. The summed E-state index contributed by atoms with van der Waals surface area (Å²) in [5.41, 5.74) is 5.48. The monoisotopic (exact) mass is 514 g/mol. The van der Waals surface area contributed by atoms with E-state index in [-0.39, 0.29) is 0 Å². The lowest BCUT2D eigenvalue weighted by Crippen LogP contribution is -2.16. The van der Waals surface area contributed by atoms with Crippen molar-refractivity contribution in [2.75, 3.05) is 26.2 Å². The van der Waals surface area contributed by atoms with Crippen LogP contribution < -0.4 is 21.3 Å². The van der Waals surface area contributed by atoms with E-state index in [1.807, 2.05) is 0 Å². The maximum absolute atomic E-state index is 3.60. The summed E-state index contributed by atoms with van der Waals surface area (Å²) in [7, 11) is 0. The van der Waals surface area contributed by atoms with E-state index in [1.165, 1.54) is 73.6 Å². The summed E-state index contributed by atoms with van der Waals surface area (Å²) < 4.78 is 0. The maximum Gasteiger partial charge on any atom is 0.0205 e. The zero-order valence-electron chi connectivity index (χ0n) is 23.4. The molecule has 38 heavy (non-hydrogen) atoms. The second kappa shape index (κ2) is 20.5. The van der Waals surface area contributed by atoms with E-state index >= 15 is 0 Å². The van der Waals surface area contributed by atoms with Crippen LogP contribution in [0.25, 0.3) is 0 Å². The number of benzene rings is 3. The molecule has 4 nitrogen and oxygen atoms in total. The lowest BCUT2D eigenvalue weighted by Gasteiger charge is -2.08. The highest BCUT2D eigenvalue weighted by Crippen LogP contribution is 2.06. The molecule has 0 aliphatic heterocycles. The third-order valence-corrected chi connectivity index (χ3v) is 6.94. The average molecular weight is 515 g/mol. The number of unbranched alkanes of at least 4 members (excludes halogenated alkanes) is 6. The van der Waals surface area contributed by atoms with Crippen LogP contribution in [-0.2, 0) is 26.2 Å². The highest BCUT2D eigenvalue weighted by molar-refractivity contribution is 5.22. The summed E-state index contributed by atoms with van der Waals surface area (Å²) in [5.74, 6) is 0. The van der Waals surface area contributed by atoms with E-state index < -0.39 is 0 Å². The molecule has 0 bridgehead atoms. The van der Waals surface area contributed by atoms with E-state index in [1.54, 1.807) is 0 Å². The van der Waals surface area contributed by atoms with Crippen molar-refractivity contribution in [1.29, 1.82) is 0 Å². The number of nitrogens with one attached hydrogen (secondary N) is 4. The number of hydrogen-bond acceptors (Lipinski definition) is 4. The molecule has 0 saturated carbocycles. The summed E-state index contributed by atoms with van der Waals surface area (Å²) in [6.45, 7) is 8.30. The van der Waals surface area contributed by atoms with Gasteiger partial charge in [0.15, 0.2) is 0 Å². The topological polar surface area (TPSA) is 48.1 Å². The van der Waals surface area contributed by atoms with Crippen molar-refractivity contribution in [3.05, 3.63) is 107 Å². The lowest BCUT2D eigenvalue weighted by atomic mass is 10.1. The van der Waals surface area contributed by atoms with Crippen LogP contribution in [0.5, 0.6) is 0 Å². The molecule has 3 aromatic carbocycles. The zero-order valence-corrected chi connectivity index (χ0v) is 23.4. The molecule has 0 aliphatic carbocycles. The number of hydrogen-bond donors (Lipinski definition) is 4. The molecular formula is C34H50N4. The van der Waals surface area contributed by atoms with Crippen LogP contribution in [0, 0.1) is 0 Å². The second-order valence-electron chi connectivity index (χ2n) is 10.3. The van der Waals surface area contributed by atoms with Gasteiger partial charge in [0.25, 0.3) is 0 Å². The zero-order chi connectivity index (χ0) is 26.4. The summed E-state index contributed by atoms with van der Waals surface area (Å²) >= 11 is 0. The SMILES string of the molecule is c1ccc(CNCCCCCCNCc2ccc(CNCCCCCCNCc3ccccc3)cc2)cc1. The van der Waals surface area contributed by atoms with Gasteiger partial charge in [0, 0.05) is 26.2 Å². The minimum atomic E-state index is 0.965. The van der Waals surface area contributed by atoms with Gasteiger partial charge in [-0.15, -0.1) is 0 Å². The molecule has 3 rings (SSSR count). The standard InChI is InChI=1S/C34H50N4/c1(11-23-35-27-31-15-7-5-8-16-31)3-13-25-37-29-33-19-21-34(22-20-33)30-38-26-14-4-2-12-24-36-28-32-17-9-6-10-18-32/h5-10,15-22,35-38H,1-4,11-14,23-30H2. The average Bonchev–Trinajstić information content (AvgIpc) is 2.97. The van der Waals surface area contributed by atoms with Gasteiger partial charge in [-0.05, 0) is 74.1 Å². The van der Waals surface area contributed by atoms with Gasteiger partial charge in [0.05, 0.1) is 0 Å². The normalized spacial score (nSPS) is 11.2. The first-order valence-electron chi connectivity index (χ1n) is 14.9. The Hall–Kier alpha value is -2.50. The smallest absolute Gasteiger partial charge is 0.0205 e. The van der Waals surface area contributed by atoms with Crippen LogP contribution in [-0.4, -0.2) is 26.2 Å². The Kier molecular flexibility index (Phi) is 16.2. The van der Waals surface area contributed by atoms with Gasteiger partial charge in [0.2, 0.25) is 0 Å². The Balaban J connectivity index is 1.07. The van der Waals surface area contributed by atoms with Crippen molar-refractivity contribution in [3.8, 4) is 0 Å². The third-order valence-electron chi connectivity index (χ3n) is 6.94. The largest absolute Gasteiger partial charge is 0.313 e. The predicted molar refractivity (Wildman–Crippen MR) is 163 cm³/mol. The Morgan fingerprint density at radius 3 is 0.842 bits per heavy atom. The van der Waals surface area contributed by atoms with Crippen molar-refractivity contribution in [3.63, 3.8) is 0 Å². The Morgan fingerprint density at radius 1 is 0.289 bits per heavy atom. The summed E-state index contributed by atoms with van der Waals surface area (Å²) in [6, 6.07) is 30.4. The fourth-order valence-corrected chi connectivity index (χ4v) is 4.60. The quantitative estimate of drug-likeness (QED) is 0.115. The molecule has 4 heteroatoms. The van der Waals surface area contributed by atoms with Crippen LogP contribution in [0.2, 0.25) is 0 Å². The summed E-state index contributed by atoms with van der Waals surface area (Å²) in [5, 5.41) is 14.3. The van der Waals surface area contributed by atoms with Gasteiger partial charge in [0.1, 0.15) is 0 Å². The van der Waals surface area contributed by atoms with E-state index in [2.05, 4.69) is 106 Å². The molecule has 0 amide bonds. The molecule has 0 heterocycles. The highest BCUT2D eigenvalue weighted by Gasteiger charge is 1.98. The summed E-state index contributed by atoms with van der Waals surface area (Å²) in [4.78, 5) is 0. The van der Waals surface area contributed by atoms with Gasteiger partial charge in [-0.3, -0.25) is 0 Å². The van der Waals surface area contributed by atoms with Gasteiger partial charge in [-0.1, -0.05) is 111 Å². The minimum absolute atomic E-state index is 0.965. The first-order valence-corrected chi connectivity index (χ1v) is 14.9. The van der Waals surface area contributed by atoms with Gasteiger partial charge in [-0.2, -0.15) is 0 Å². The highest BCUT2D eigenvalue weighted by atomic mass is 14.9. The third kappa shape index (κ3) is 14.4. The Labute approximate surface area is 232 Å². The molecule has 0 saturated heterocycles. The van der Waals surface area contributed by atoms with E-state index in [0.717, 1.165) is 52.4 Å². The fraction of sp³-hybridized carbons (Fsp3) is 0.471. The van der Waals surface area contributed by atoms with Crippen molar-refractivity contribution in [2.24, 2.45) is 0 Å². The first kappa shape index (κ1) is 30.0. The van der Waals surface area contributed by atoms with Crippen LogP contribution in [0.15, 0.2) is 84.9 Å². The van der Waals surface area contributed by atoms with Crippen LogP contribution >= 0.6 is 0 Å². The van der Waals surface area contributed by atoms with Gasteiger partial charge in [-0.25, -0.2) is 0 Å². The molecular weight excluding hydrogens is 464 g/mol. The van der Waals surface area contributed by atoms with E-state index in [4.69, 9.17) is 0 Å². The first-order chi connectivity index (χ1) is 18.9. The molecule has 206 valence electrons. The molecule has 4 N–H and O–H groups in total. The molecule has 0 aromatic heterocycles. The molecule has 0 radical (unpaired) electrons. The Morgan fingerprint density at radius 2 is 0.553 bits per heavy atom. The molecule has 0 fully saturated rings. The molecule has 0 atom stereocenters. The van der Waals surface area contributed by atoms with Crippen molar-refractivity contribution >= 4 is 0 Å². The second-order valence-corrected chi connectivity index (χ2v) is 10.3. The minimum Gasteiger partial charge on any atom is -0.313 e.